The van der Waals surface area contributed by atoms with E-state index in [4.69, 9.17) is 9.51 Å². The number of fused-ring (bicyclic) bond motifs is 1. The average Bonchev–Trinajstić information content (AvgIpc) is 3.65. The summed E-state index contributed by atoms with van der Waals surface area (Å²) in [7, 11) is 0. The van der Waals surface area contributed by atoms with Gasteiger partial charge in [0.2, 0.25) is 17.7 Å². The van der Waals surface area contributed by atoms with E-state index in [9.17, 15) is 9.59 Å². The number of hydrogen-bond donors (Lipinski definition) is 1. The summed E-state index contributed by atoms with van der Waals surface area (Å²) in [6.07, 6.45) is 12.8. The van der Waals surface area contributed by atoms with Gasteiger partial charge >= 0.3 is 0 Å². The van der Waals surface area contributed by atoms with Crippen molar-refractivity contribution in [3.05, 3.63) is 47.6 Å². The average molecular weight is 493 g/mol. The summed E-state index contributed by atoms with van der Waals surface area (Å²) in [5, 5.41) is 7.39. The normalized spacial score (nSPS) is 25.8. The minimum absolute atomic E-state index is 0.00385. The van der Waals surface area contributed by atoms with Crippen molar-refractivity contribution in [3.63, 3.8) is 0 Å². The second-order valence-electron chi connectivity index (χ2n) is 11.0. The number of nitrogens with one attached hydrogen (secondary N) is 1. The van der Waals surface area contributed by atoms with Crippen molar-refractivity contribution in [3.8, 4) is 0 Å². The highest BCUT2D eigenvalue weighted by Gasteiger charge is 2.45. The lowest BCUT2D eigenvalue weighted by Crippen LogP contribution is -2.47. The van der Waals surface area contributed by atoms with Gasteiger partial charge in [-0.05, 0) is 43.6 Å². The lowest BCUT2D eigenvalue weighted by Gasteiger charge is -2.33. The minimum atomic E-state index is -0.229. The van der Waals surface area contributed by atoms with Crippen molar-refractivity contribution in [2.45, 2.75) is 95.4 Å². The summed E-state index contributed by atoms with van der Waals surface area (Å²) in [4.78, 5) is 33.6. The summed E-state index contributed by atoms with van der Waals surface area (Å²) in [5.74, 6) is 2.02. The smallest absolute Gasteiger partial charge is 0.229 e. The molecule has 36 heavy (non-hydrogen) atoms. The molecule has 7 heteroatoms. The van der Waals surface area contributed by atoms with E-state index in [1.54, 1.807) is 0 Å². The summed E-state index contributed by atoms with van der Waals surface area (Å²) in [5.41, 5.74) is 1.14. The van der Waals surface area contributed by atoms with Crippen LogP contribution in [-0.4, -0.2) is 46.0 Å². The SMILES string of the molecule is O=C1NCCCCCCN(C(=O)CCC2CCCC2)C2CC(c3nc(Cc4ccccc4)no3)CC12. The molecular formula is C29H40N4O3. The van der Waals surface area contributed by atoms with E-state index in [0.29, 0.717) is 49.9 Å². The number of nitrogens with zero attached hydrogens (tertiary/aromatic N) is 3. The minimum Gasteiger partial charge on any atom is -0.356 e. The molecule has 1 aliphatic heterocycles. The van der Waals surface area contributed by atoms with Gasteiger partial charge in [-0.25, -0.2) is 0 Å². The Bertz CT molecular complexity index is 1000. The maximum atomic E-state index is 13.5. The maximum Gasteiger partial charge on any atom is 0.229 e. The molecular weight excluding hydrogens is 452 g/mol. The van der Waals surface area contributed by atoms with Gasteiger partial charge in [-0.15, -0.1) is 0 Å². The topological polar surface area (TPSA) is 88.3 Å². The molecule has 0 bridgehead atoms. The van der Waals surface area contributed by atoms with Crippen LogP contribution in [0.15, 0.2) is 34.9 Å². The molecule has 3 atom stereocenters. The van der Waals surface area contributed by atoms with Gasteiger partial charge in [-0.1, -0.05) is 74.0 Å². The Morgan fingerprint density at radius 1 is 1.03 bits per heavy atom. The third-order valence-electron chi connectivity index (χ3n) is 8.49. The van der Waals surface area contributed by atoms with Crippen LogP contribution in [-0.2, 0) is 16.0 Å². The maximum absolute atomic E-state index is 13.5. The Morgan fingerprint density at radius 2 is 1.83 bits per heavy atom. The zero-order chi connectivity index (χ0) is 24.7. The molecule has 3 aliphatic rings. The number of hydrogen-bond acceptors (Lipinski definition) is 5. The summed E-state index contributed by atoms with van der Waals surface area (Å²) in [6, 6.07) is 10.0. The van der Waals surface area contributed by atoms with Crippen molar-refractivity contribution in [2.75, 3.05) is 13.1 Å². The van der Waals surface area contributed by atoms with E-state index in [1.165, 1.54) is 25.7 Å². The van der Waals surface area contributed by atoms with Crippen LogP contribution >= 0.6 is 0 Å². The molecule has 0 spiro atoms. The van der Waals surface area contributed by atoms with E-state index in [0.717, 1.165) is 44.2 Å². The Balaban J connectivity index is 1.31. The first-order valence-electron chi connectivity index (χ1n) is 14.1. The fraction of sp³-hybridized carbons (Fsp3) is 0.655. The van der Waals surface area contributed by atoms with E-state index in [2.05, 4.69) is 27.5 Å². The van der Waals surface area contributed by atoms with Gasteiger partial charge in [-0.3, -0.25) is 9.59 Å². The van der Waals surface area contributed by atoms with Crippen LogP contribution in [0.5, 0.6) is 0 Å². The van der Waals surface area contributed by atoms with Gasteiger partial charge in [0.15, 0.2) is 5.82 Å². The highest BCUT2D eigenvalue weighted by Crippen LogP contribution is 2.41. The zero-order valence-corrected chi connectivity index (χ0v) is 21.4. The van der Waals surface area contributed by atoms with Gasteiger partial charge in [0.05, 0.1) is 5.92 Å². The van der Waals surface area contributed by atoms with Crippen molar-refractivity contribution >= 4 is 11.8 Å². The molecule has 1 N–H and O–H groups in total. The van der Waals surface area contributed by atoms with Crippen LogP contribution in [0.3, 0.4) is 0 Å². The van der Waals surface area contributed by atoms with E-state index in [1.807, 2.05) is 18.2 Å². The van der Waals surface area contributed by atoms with Gasteiger partial charge in [0, 0.05) is 37.9 Å². The van der Waals surface area contributed by atoms with Crippen LogP contribution in [0.4, 0.5) is 0 Å². The lowest BCUT2D eigenvalue weighted by molar-refractivity contribution is -0.136. The van der Waals surface area contributed by atoms with E-state index < -0.39 is 0 Å². The third-order valence-corrected chi connectivity index (χ3v) is 8.49. The summed E-state index contributed by atoms with van der Waals surface area (Å²) >= 11 is 0. The van der Waals surface area contributed by atoms with Crippen molar-refractivity contribution < 1.29 is 14.1 Å². The molecule has 0 radical (unpaired) electrons. The molecule has 1 aromatic carbocycles. The second kappa shape index (κ2) is 12.0. The number of rotatable bonds is 6. The number of aromatic nitrogens is 2. The molecule has 7 nitrogen and oxygen atoms in total. The zero-order valence-electron chi connectivity index (χ0n) is 21.4. The Kier molecular flexibility index (Phi) is 8.34. The van der Waals surface area contributed by atoms with Crippen LogP contribution in [0.1, 0.15) is 100 Å². The van der Waals surface area contributed by atoms with Gasteiger partial charge in [0.1, 0.15) is 0 Å². The van der Waals surface area contributed by atoms with E-state index >= 15 is 0 Å². The predicted molar refractivity (Wildman–Crippen MR) is 137 cm³/mol. The molecule has 194 valence electrons. The fourth-order valence-corrected chi connectivity index (χ4v) is 6.48. The molecule has 5 rings (SSSR count). The van der Waals surface area contributed by atoms with Crippen molar-refractivity contribution in [1.82, 2.24) is 20.4 Å². The van der Waals surface area contributed by atoms with Gasteiger partial charge in [-0.2, -0.15) is 4.98 Å². The Hall–Kier alpha value is -2.70. The molecule has 1 aromatic heterocycles. The van der Waals surface area contributed by atoms with Gasteiger partial charge < -0.3 is 14.7 Å². The molecule has 2 aliphatic carbocycles. The first kappa shape index (κ1) is 25.0. The molecule has 1 saturated heterocycles. The number of amides is 2. The van der Waals surface area contributed by atoms with Crippen LogP contribution in [0, 0.1) is 11.8 Å². The molecule has 2 aromatic rings. The van der Waals surface area contributed by atoms with Crippen molar-refractivity contribution in [1.29, 1.82) is 0 Å². The van der Waals surface area contributed by atoms with Crippen LogP contribution in [0.2, 0.25) is 0 Å². The number of carbonyl (C=O) groups is 2. The predicted octanol–water partition coefficient (Wildman–Crippen LogP) is 5.01. The monoisotopic (exact) mass is 492 g/mol. The summed E-state index contributed by atoms with van der Waals surface area (Å²) < 4.78 is 5.71. The highest BCUT2D eigenvalue weighted by atomic mass is 16.5. The Labute approximate surface area is 214 Å². The number of carbonyl (C=O) groups excluding carboxylic acids is 2. The van der Waals surface area contributed by atoms with E-state index in [-0.39, 0.29) is 29.7 Å². The van der Waals surface area contributed by atoms with Crippen LogP contribution < -0.4 is 5.32 Å². The molecule has 2 amide bonds. The van der Waals surface area contributed by atoms with Gasteiger partial charge in [0.25, 0.3) is 0 Å². The molecule has 3 fully saturated rings. The largest absolute Gasteiger partial charge is 0.356 e. The first-order chi connectivity index (χ1) is 17.7. The quantitative estimate of drug-likeness (QED) is 0.612. The molecule has 2 saturated carbocycles. The first-order valence-corrected chi connectivity index (χ1v) is 14.1. The third kappa shape index (κ3) is 6.16. The highest BCUT2D eigenvalue weighted by molar-refractivity contribution is 5.82. The lowest BCUT2D eigenvalue weighted by atomic mass is 9.98. The fourth-order valence-electron chi connectivity index (χ4n) is 6.48. The molecule has 2 heterocycles. The van der Waals surface area contributed by atoms with Crippen LogP contribution in [0.25, 0.3) is 0 Å². The second-order valence-corrected chi connectivity index (χ2v) is 11.0. The standard InChI is InChI=1S/C29H40N4O3/c34-27(15-14-21-10-6-7-11-21)33-17-9-2-1-8-16-30-28(35)24-19-23(20-25(24)33)29-31-26(32-36-29)18-22-12-4-3-5-13-22/h3-5,12-13,21,23-25H,1-2,6-11,14-20H2,(H,30,35). The molecule has 3 unspecified atom stereocenters. The van der Waals surface area contributed by atoms with Crippen molar-refractivity contribution in [2.24, 2.45) is 11.8 Å². The Morgan fingerprint density at radius 3 is 2.67 bits per heavy atom. The number of benzene rings is 1. The summed E-state index contributed by atoms with van der Waals surface area (Å²) in [6.45, 7) is 1.46.